The Hall–Kier alpha value is -2.93. The molecule has 7 nitrogen and oxygen atoms in total. The number of aldehydes is 1. The Morgan fingerprint density at radius 1 is 1.15 bits per heavy atom. The monoisotopic (exact) mass is 446 g/mol. The highest BCUT2D eigenvalue weighted by atomic mass is 16.6. The summed E-state index contributed by atoms with van der Waals surface area (Å²) in [4.78, 5) is 20.1. The lowest BCUT2D eigenvalue weighted by Crippen LogP contribution is -2.32. The number of nitrogens with zero attached hydrogens (tertiary/aromatic N) is 3. The van der Waals surface area contributed by atoms with Gasteiger partial charge < -0.3 is 24.6 Å². The number of carbonyl (C=O) groups excluding carboxylic acids is 1. The molecule has 3 aromatic rings. The number of rotatable bonds is 6. The van der Waals surface area contributed by atoms with Crippen molar-refractivity contribution in [1.29, 1.82) is 0 Å². The Morgan fingerprint density at radius 3 is 2.70 bits per heavy atom. The smallest absolute Gasteiger partial charge is 0.146 e. The van der Waals surface area contributed by atoms with E-state index < -0.39 is 0 Å². The number of fused-ring (bicyclic) bond motifs is 3. The number of hydrogen-bond acceptors (Lipinski definition) is 6. The first-order chi connectivity index (χ1) is 16.1. The number of aromatic nitrogens is 3. The molecule has 2 bridgehead atoms. The van der Waals surface area contributed by atoms with Gasteiger partial charge in [0.25, 0.3) is 0 Å². The maximum absolute atomic E-state index is 11.2. The van der Waals surface area contributed by atoms with Gasteiger partial charge in [0.2, 0.25) is 0 Å². The summed E-state index contributed by atoms with van der Waals surface area (Å²) in [6.07, 6.45) is 13.4. The molecule has 6 rings (SSSR count). The third-order valence-electron chi connectivity index (χ3n) is 7.87. The standard InChI is InChI=1S/C26H30N4O3/c27-24-23-22(13-30(25(23)29-16-28-24)19-6-4-17(14-31)5-7-19)18-2-1-3-21(12-18)32-15-26-10-8-20(33-26)9-11-26/h1-3,12-14,16-17,19-20H,4-11,15H2,(H2,27,28,29)/t17-,19-,20-,26+. The van der Waals surface area contributed by atoms with E-state index in [1.54, 1.807) is 0 Å². The normalized spacial score (nSPS) is 28.9. The van der Waals surface area contributed by atoms with Crippen LogP contribution in [0.2, 0.25) is 0 Å². The largest absolute Gasteiger partial charge is 0.491 e. The number of hydrogen-bond donors (Lipinski definition) is 1. The van der Waals surface area contributed by atoms with Gasteiger partial charge in [-0.25, -0.2) is 9.97 Å². The van der Waals surface area contributed by atoms with E-state index in [2.05, 4.69) is 32.9 Å². The molecule has 2 N–H and O–H groups in total. The molecule has 1 aliphatic carbocycles. The Labute approximate surface area is 193 Å². The zero-order chi connectivity index (χ0) is 22.4. The van der Waals surface area contributed by atoms with Gasteiger partial charge in [0.05, 0.1) is 11.5 Å². The molecule has 0 amide bonds. The van der Waals surface area contributed by atoms with Crippen LogP contribution >= 0.6 is 0 Å². The van der Waals surface area contributed by atoms with Gasteiger partial charge in [-0.15, -0.1) is 0 Å². The van der Waals surface area contributed by atoms with Crippen molar-refractivity contribution in [3.63, 3.8) is 0 Å². The Kier molecular flexibility index (Phi) is 5.09. The van der Waals surface area contributed by atoms with Crippen LogP contribution in [0.25, 0.3) is 22.2 Å². The van der Waals surface area contributed by atoms with Crippen molar-refractivity contribution in [2.75, 3.05) is 12.3 Å². The molecular formula is C26H30N4O3. The number of nitrogens with two attached hydrogens (primary N) is 1. The second-order valence-corrected chi connectivity index (χ2v) is 9.93. The van der Waals surface area contributed by atoms with Crippen LogP contribution in [0.4, 0.5) is 5.82 Å². The van der Waals surface area contributed by atoms with Gasteiger partial charge in [0.1, 0.15) is 42.0 Å². The fraction of sp³-hybridized carbons (Fsp3) is 0.500. The molecule has 3 aliphatic rings. The summed E-state index contributed by atoms with van der Waals surface area (Å²) >= 11 is 0. The number of carbonyl (C=O) groups is 1. The summed E-state index contributed by atoms with van der Waals surface area (Å²) in [5, 5.41) is 0.878. The molecule has 0 unspecified atom stereocenters. The van der Waals surface area contributed by atoms with E-state index >= 15 is 0 Å². The maximum atomic E-state index is 11.2. The highest BCUT2D eigenvalue weighted by Crippen LogP contribution is 2.44. The van der Waals surface area contributed by atoms with E-state index in [0.717, 1.165) is 85.6 Å². The molecule has 2 aliphatic heterocycles. The van der Waals surface area contributed by atoms with Gasteiger partial charge >= 0.3 is 0 Å². The first-order valence-corrected chi connectivity index (χ1v) is 12.1. The summed E-state index contributed by atoms with van der Waals surface area (Å²) in [5.41, 5.74) is 9.15. The molecule has 2 aromatic heterocycles. The van der Waals surface area contributed by atoms with Crippen molar-refractivity contribution >= 4 is 23.1 Å². The summed E-state index contributed by atoms with van der Waals surface area (Å²) < 4.78 is 14.6. The molecule has 1 aromatic carbocycles. The summed E-state index contributed by atoms with van der Waals surface area (Å²) in [6.45, 7) is 0.597. The van der Waals surface area contributed by atoms with Crippen LogP contribution in [0, 0.1) is 5.92 Å². The Bertz CT molecular complexity index is 1170. The minimum atomic E-state index is -0.102. The molecule has 3 fully saturated rings. The lowest BCUT2D eigenvalue weighted by atomic mass is 9.87. The van der Waals surface area contributed by atoms with E-state index in [1.807, 2.05) is 12.1 Å². The van der Waals surface area contributed by atoms with Crippen LogP contribution in [-0.4, -0.2) is 39.1 Å². The van der Waals surface area contributed by atoms with Gasteiger partial charge in [-0.1, -0.05) is 12.1 Å². The number of anilines is 1. The lowest BCUT2D eigenvalue weighted by molar-refractivity contribution is -0.112. The fourth-order valence-electron chi connectivity index (χ4n) is 5.97. The van der Waals surface area contributed by atoms with Crippen molar-refractivity contribution in [2.24, 2.45) is 5.92 Å². The number of ether oxygens (including phenoxy) is 2. The SMILES string of the molecule is Nc1ncnc2c1c(-c1cccc(OC[C@]34CC[C@H](CC3)O4)c1)cn2[C@H]1CC[C@H](C=O)CC1. The van der Waals surface area contributed by atoms with Crippen LogP contribution in [0.5, 0.6) is 5.75 Å². The zero-order valence-corrected chi connectivity index (χ0v) is 18.8. The van der Waals surface area contributed by atoms with E-state index in [1.165, 1.54) is 6.33 Å². The predicted octanol–water partition coefficient (Wildman–Crippen LogP) is 4.70. The van der Waals surface area contributed by atoms with Gasteiger partial charge in [-0.2, -0.15) is 0 Å². The van der Waals surface area contributed by atoms with E-state index in [-0.39, 0.29) is 11.5 Å². The molecule has 172 valence electrons. The van der Waals surface area contributed by atoms with Crippen LogP contribution in [0.1, 0.15) is 57.4 Å². The zero-order valence-electron chi connectivity index (χ0n) is 18.8. The average Bonchev–Trinajstić information content (AvgIpc) is 3.57. The lowest BCUT2D eigenvalue weighted by Gasteiger charge is -2.27. The molecular weight excluding hydrogens is 416 g/mol. The highest BCUT2D eigenvalue weighted by molar-refractivity contribution is 6.00. The van der Waals surface area contributed by atoms with Gasteiger partial charge in [0.15, 0.2) is 0 Å². The third-order valence-corrected chi connectivity index (χ3v) is 7.87. The fourth-order valence-corrected chi connectivity index (χ4v) is 5.97. The van der Waals surface area contributed by atoms with Crippen molar-refractivity contribution < 1.29 is 14.3 Å². The molecule has 4 heterocycles. The van der Waals surface area contributed by atoms with E-state index in [0.29, 0.717) is 24.6 Å². The van der Waals surface area contributed by atoms with Crippen molar-refractivity contribution in [1.82, 2.24) is 14.5 Å². The topological polar surface area (TPSA) is 92.3 Å². The van der Waals surface area contributed by atoms with E-state index in [9.17, 15) is 4.79 Å². The second-order valence-electron chi connectivity index (χ2n) is 9.93. The minimum Gasteiger partial charge on any atom is -0.491 e. The van der Waals surface area contributed by atoms with Crippen LogP contribution in [0.15, 0.2) is 36.8 Å². The quantitative estimate of drug-likeness (QED) is 0.552. The van der Waals surface area contributed by atoms with E-state index in [4.69, 9.17) is 15.2 Å². The average molecular weight is 447 g/mol. The van der Waals surface area contributed by atoms with Crippen LogP contribution in [-0.2, 0) is 9.53 Å². The molecule has 0 radical (unpaired) electrons. The number of benzene rings is 1. The summed E-state index contributed by atoms with van der Waals surface area (Å²) in [7, 11) is 0. The van der Waals surface area contributed by atoms with Crippen molar-refractivity contribution in [3.05, 3.63) is 36.8 Å². The predicted molar refractivity (Wildman–Crippen MR) is 126 cm³/mol. The molecule has 33 heavy (non-hydrogen) atoms. The molecule has 0 spiro atoms. The van der Waals surface area contributed by atoms with Crippen LogP contribution in [0.3, 0.4) is 0 Å². The molecule has 1 saturated carbocycles. The highest BCUT2D eigenvalue weighted by Gasteiger charge is 2.46. The van der Waals surface area contributed by atoms with Gasteiger partial charge in [-0.05, 0) is 69.1 Å². The third kappa shape index (κ3) is 3.68. The first kappa shape index (κ1) is 20.7. The van der Waals surface area contributed by atoms with Crippen molar-refractivity contribution in [2.45, 2.75) is 69.1 Å². The molecule has 2 saturated heterocycles. The Balaban J connectivity index is 1.31. The second kappa shape index (κ2) is 8.13. The van der Waals surface area contributed by atoms with Gasteiger partial charge in [0, 0.05) is 23.7 Å². The minimum absolute atomic E-state index is 0.102. The summed E-state index contributed by atoms with van der Waals surface area (Å²) in [6, 6.07) is 8.49. The molecule has 0 atom stereocenters. The Morgan fingerprint density at radius 2 is 1.97 bits per heavy atom. The van der Waals surface area contributed by atoms with Gasteiger partial charge in [-0.3, -0.25) is 0 Å². The maximum Gasteiger partial charge on any atom is 0.146 e. The van der Waals surface area contributed by atoms with Crippen molar-refractivity contribution in [3.8, 4) is 16.9 Å². The molecule has 7 heteroatoms. The first-order valence-electron chi connectivity index (χ1n) is 12.1. The number of nitrogen functional groups attached to an aromatic ring is 1. The summed E-state index contributed by atoms with van der Waals surface area (Å²) in [5.74, 6) is 1.50. The van der Waals surface area contributed by atoms with Crippen LogP contribution < -0.4 is 10.5 Å².